The van der Waals surface area contributed by atoms with E-state index in [9.17, 15) is 14.7 Å². The van der Waals surface area contributed by atoms with Crippen LogP contribution in [0.3, 0.4) is 0 Å². The first-order valence-electron chi connectivity index (χ1n) is 8.37. The SMILES string of the molecule is CN(C)CCCN1C(=O)C(=O)/C(=C(/O)c2ccncc2)C1c1cccs1. The second-order valence-electron chi connectivity index (χ2n) is 6.40. The van der Waals surface area contributed by atoms with Crippen LogP contribution in [0.25, 0.3) is 5.76 Å². The van der Waals surface area contributed by atoms with Crippen molar-refractivity contribution in [1.82, 2.24) is 14.8 Å². The van der Waals surface area contributed by atoms with Gasteiger partial charge in [0.05, 0.1) is 11.6 Å². The van der Waals surface area contributed by atoms with Crippen molar-refractivity contribution in [2.24, 2.45) is 0 Å². The van der Waals surface area contributed by atoms with E-state index in [4.69, 9.17) is 0 Å². The minimum Gasteiger partial charge on any atom is -0.507 e. The Morgan fingerprint density at radius 2 is 2.00 bits per heavy atom. The summed E-state index contributed by atoms with van der Waals surface area (Å²) in [5.74, 6) is -1.35. The molecule has 2 aromatic rings. The fraction of sp³-hybridized carbons (Fsp3) is 0.316. The Morgan fingerprint density at radius 1 is 1.27 bits per heavy atom. The number of aliphatic hydroxyl groups excluding tert-OH is 1. The first kappa shape index (κ1) is 18.3. The first-order valence-corrected chi connectivity index (χ1v) is 9.25. The summed E-state index contributed by atoms with van der Waals surface area (Å²) in [6.45, 7) is 1.27. The van der Waals surface area contributed by atoms with Gasteiger partial charge < -0.3 is 14.9 Å². The maximum absolute atomic E-state index is 12.7. The van der Waals surface area contributed by atoms with Crippen molar-refractivity contribution in [2.75, 3.05) is 27.2 Å². The Labute approximate surface area is 156 Å². The lowest BCUT2D eigenvalue weighted by molar-refractivity contribution is -0.139. The van der Waals surface area contributed by atoms with Crippen LogP contribution in [0.5, 0.6) is 0 Å². The topological polar surface area (TPSA) is 73.7 Å². The molecule has 0 aliphatic carbocycles. The number of rotatable bonds is 6. The maximum Gasteiger partial charge on any atom is 0.295 e. The second-order valence-corrected chi connectivity index (χ2v) is 7.38. The molecule has 0 bridgehead atoms. The molecule has 136 valence electrons. The molecular weight excluding hydrogens is 350 g/mol. The zero-order valence-electron chi connectivity index (χ0n) is 14.8. The summed E-state index contributed by atoms with van der Waals surface area (Å²) >= 11 is 1.47. The Kier molecular flexibility index (Phi) is 5.49. The van der Waals surface area contributed by atoms with Crippen molar-refractivity contribution >= 4 is 28.8 Å². The maximum atomic E-state index is 12.7. The highest BCUT2D eigenvalue weighted by Gasteiger charge is 2.46. The molecule has 1 fully saturated rings. The Hall–Kier alpha value is -2.51. The van der Waals surface area contributed by atoms with Crippen molar-refractivity contribution in [2.45, 2.75) is 12.5 Å². The van der Waals surface area contributed by atoms with Crippen molar-refractivity contribution < 1.29 is 14.7 Å². The van der Waals surface area contributed by atoms with E-state index in [-0.39, 0.29) is 11.3 Å². The van der Waals surface area contributed by atoms with Gasteiger partial charge in [-0.25, -0.2) is 0 Å². The number of hydrogen-bond donors (Lipinski definition) is 1. The predicted molar refractivity (Wildman–Crippen MR) is 101 cm³/mol. The van der Waals surface area contributed by atoms with Gasteiger partial charge in [-0.2, -0.15) is 0 Å². The average molecular weight is 371 g/mol. The normalized spacial score (nSPS) is 19.5. The minimum absolute atomic E-state index is 0.147. The Morgan fingerprint density at radius 3 is 2.62 bits per heavy atom. The molecule has 1 aliphatic rings. The molecule has 1 atom stereocenters. The number of hydrogen-bond acceptors (Lipinski definition) is 6. The standard InChI is InChI=1S/C19H21N3O3S/c1-21(2)10-4-11-22-16(14-5-3-12-26-14)15(18(24)19(22)25)17(23)13-6-8-20-9-7-13/h3,5-9,12,16,23H,4,10-11H2,1-2H3/b17-15+. The van der Waals surface area contributed by atoms with E-state index in [0.717, 1.165) is 17.8 Å². The monoisotopic (exact) mass is 371 g/mol. The number of carbonyl (C=O) groups excluding carboxylic acids is 2. The number of likely N-dealkylation sites (tertiary alicyclic amines) is 1. The summed E-state index contributed by atoms with van der Waals surface area (Å²) in [6, 6.07) is 6.47. The zero-order chi connectivity index (χ0) is 18.7. The number of aromatic nitrogens is 1. The number of Topliss-reactive ketones (excluding diaryl/α,β-unsaturated/α-hetero) is 1. The van der Waals surface area contributed by atoms with Crippen LogP contribution in [0.4, 0.5) is 0 Å². The van der Waals surface area contributed by atoms with Crippen LogP contribution < -0.4 is 0 Å². The lowest BCUT2D eigenvalue weighted by Crippen LogP contribution is -2.32. The summed E-state index contributed by atoms with van der Waals surface area (Å²) in [7, 11) is 3.93. The number of pyridine rings is 1. The summed E-state index contributed by atoms with van der Waals surface area (Å²) in [4.78, 5) is 33.8. The molecule has 1 unspecified atom stereocenters. The molecule has 3 heterocycles. The molecule has 26 heavy (non-hydrogen) atoms. The molecule has 3 rings (SSSR count). The van der Waals surface area contributed by atoms with E-state index in [1.807, 2.05) is 36.5 Å². The quantitative estimate of drug-likeness (QED) is 0.480. The van der Waals surface area contributed by atoms with Crippen LogP contribution in [0, 0.1) is 0 Å². The summed E-state index contributed by atoms with van der Waals surface area (Å²) in [5.41, 5.74) is 0.626. The van der Waals surface area contributed by atoms with E-state index in [2.05, 4.69) is 4.98 Å². The van der Waals surface area contributed by atoms with Crippen LogP contribution in [0.1, 0.15) is 22.9 Å². The van der Waals surface area contributed by atoms with Crippen molar-refractivity contribution in [3.05, 3.63) is 58.1 Å². The lowest BCUT2D eigenvalue weighted by Gasteiger charge is -2.24. The van der Waals surface area contributed by atoms with Gasteiger partial charge in [-0.15, -0.1) is 11.3 Å². The van der Waals surface area contributed by atoms with Gasteiger partial charge in [-0.05, 0) is 50.6 Å². The molecule has 7 heteroatoms. The third-order valence-corrected chi connectivity index (χ3v) is 5.24. The Bertz CT molecular complexity index is 816. The van der Waals surface area contributed by atoms with Gasteiger partial charge in [0.15, 0.2) is 0 Å². The van der Waals surface area contributed by atoms with Crippen LogP contribution >= 0.6 is 11.3 Å². The van der Waals surface area contributed by atoms with E-state index < -0.39 is 17.7 Å². The largest absolute Gasteiger partial charge is 0.507 e. The smallest absolute Gasteiger partial charge is 0.295 e. The molecule has 1 aliphatic heterocycles. The number of nitrogens with zero attached hydrogens (tertiary/aromatic N) is 3. The Balaban J connectivity index is 2.02. The molecule has 1 N–H and O–H groups in total. The molecule has 2 aromatic heterocycles. The van der Waals surface area contributed by atoms with Gasteiger partial charge in [-0.1, -0.05) is 6.07 Å². The summed E-state index contributed by atoms with van der Waals surface area (Å²) < 4.78 is 0. The second kappa shape index (κ2) is 7.80. The van der Waals surface area contributed by atoms with Gasteiger partial charge in [0, 0.05) is 29.4 Å². The van der Waals surface area contributed by atoms with E-state index in [1.54, 1.807) is 29.4 Å². The summed E-state index contributed by atoms with van der Waals surface area (Å²) in [5, 5.41) is 12.7. The van der Waals surface area contributed by atoms with Gasteiger partial charge >= 0.3 is 0 Å². The van der Waals surface area contributed by atoms with E-state index >= 15 is 0 Å². The molecule has 0 radical (unpaired) electrons. The predicted octanol–water partition coefficient (Wildman–Crippen LogP) is 2.52. The molecule has 0 saturated carbocycles. The van der Waals surface area contributed by atoms with Crippen LogP contribution in [-0.4, -0.2) is 58.8 Å². The minimum atomic E-state index is -0.637. The van der Waals surface area contributed by atoms with Crippen LogP contribution in [-0.2, 0) is 9.59 Å². The fourth-order valence-corrected chi connectivity index (χ4v) is 3.92. The lowest BCUT2D eigenvalue weighted by atomic mass is 10.0. The zero-order valence-corrected chi connectivity index (χ0v) is 15.6. The fourth-order valence-electron chi connectivity index (χ4n) is 3.08. The van der Waals surface area contributed by atoms with Crippen LogP contribution in [0.2, 0.25) is 0 Å². The van der Waals surface area contributed by atoms with Crippen molar-refractivity contribution in [1.29, 1.82) is 0 Å². The number of thiophene rings is 1. The van der Waals surface area contributed by atoms with Crippen LogP contribution in [0.15, 0.2) is 47.6 Å². The molecule has 0 spiro atoms. The third kappa shape index (κ3) is 3.54. The van der Waals surface area contributed by atoms with Crippen molar-refractivity contribution in [3.63, 3.8) is 0 Å². The molecular formula is C19H21N3O3S. The van der Waals surface area contributed by atoms with E-state index in [0.29, 0.717) is 12.1 Å². The van der Waals surface area contributed by atoms with Gasteiger partial charge in [0.25, 0.3) is 11.7 Å². The van der Waals surface area contributed by atoms with Gasteiger partial charge in [0.1, 0.15) is 5.76 Å². The van der Waals surface area contributed by atoms with E-state index in [1.165, 1.54) is 11.3 Å². The molecule has 0 aromatic carbocycles. The van der Waals surface area contributed by atoms with Gasteiger partial charge in [-0.3, -0.25) is 14.6 Å². The number of aliphatic hydroxyl groups is 1. The number of amides is 1. The highest BCUT2D eigenvalue weighted by Crippen LogP contribution is 2.40. The highest BCUT2D eigenvalue weighted by atomic mass is 32.1. The highest BCUT2D eigenvalue weighted by molar-refractivity contribution is 7.10. The molecule has 1 amide bonds. The summed E-state index contributed by atoms with van der Waals surface area (Å²) in [6.07, 6.45) is 3.84. The molecule has 6 nitrogen and oxygen atoms in total. The third-order valence-electron chi connectivity index (χ3n) is 4.31. The molecule has 1 saturated heterocycles. The van der Waals surface area contributed by atoms with Crippen molar-refractivity contribution in [3.8, 4) is 0 Å². The number of ketones is 1. The first-order chi connectivity index (χ1) is 12.5. The number of carbonyl (C=O) groups is 2. The average Bonchev–Trinajstić information content (AvgIpc) is 3.24. The van der Waals surface area contributed by atoms with Gasteiger partial charge in [0.2, 0.25) is 0 Å².